The van der Waals surface area contributed by atoms with Gasteiger partial charge in [0.2, 0.25) is 0 Å². The predicted octanol–water partition coefficient (Wildman–Crippen LogP) is 8.98. The number of rotatable bonds is 13. The number of imidazole rings is 1. The number of fused-ring (bicyclic) bond motifs is 1. The van der Waals surface area contributed by atoms with E-state index in [0.717, 1.165) is 47.5 Å². The molecule has 0 aliphatic heterocycles. The lowest BCUT2D eigenvalue weighted by Crippen LogP contribution is -2.36. The topological polar surface area (TPSA) is 55.6 Å². The molecule has 0 unspecified atom stereocenters. The van der Waals surface area contributed by atoms with Crippen LogP contribution in [0.2, 0.25) is 0 Å². The lowest BCUT2D eigenvalue weighted by atomic mass is 9.82. The Morgan fingerprint density at radius 2 is 1.65 bits per heavy atom. The number of aromatic nitrogens is 2. The number of unbranched alkanes of at least 4 members (excludes halogenated alkanes) is 6. The standard InChI is InChI=1S/C32H47N3O2/c1-8-9-10-11-12-13-14-19-28(36)37-26-18-16-15-17-25(26)29-30(34-32(6,7)23-31(3,4)5)35-21-20-24(2)22-27(35)33-29/h15-18,20-22,34H,8-14,19,23H2,1-7H3. The summed E-state index contributed by atoms with van der Waals surface area (Å²) >= 11 is 0. The monoisotopic (exact) mass is 505 g/mol. The van der Waals surface area contributed by atoms with E-state index < -0.39 is 0 Å². The number of carbonyl (C=O) groups excluding carboxylic acids is 1. The van der Waals surface area contributed by atoms with Crippen LogP contribution in [0.5, 0.6) is 5.75 Å². The molecule has 5 nitrogen and oxygen atoms in total. The van der Waals surface area contributed by atoms with E-state index in [1.165, 1.54) is 32.1 Å². The summed E-state index contributed by atoms with van der Waals surface area (Å²) in [6.45, 7) is 15.5. The zero-order valence-corrected chi connectivity index (χ0v) is 24.1. The summed E-state index contributed by atoms with van der Waals surface area (Å²) in [5, 5.41) is 3.79. The third-order valence-electron chi connectivity index (χ3n) is 6.56. The van der Waals surface area contributed by atoms with E-state index in [2.05, 4.69) is 76.5 Å². The number of nitrogens with zero attached hydrogens (tertiary/aromatic N) is 2. The van der Waals surface area contributed by atoms with E-state index in [1.807, 2.05) is 24.3 Å². The maximum atomic E-state index is 12.8. The van der Waals surface area contributed by atoms with Crippen molar-refractivity contribution in [2.45, 2.75) is 112 Å². The maximum Gasteiger partial charge on any atom is 0.311 e. The highest BCUT2D eigenvalue weighted by atomic mass is 16.5. The summed E-state index contributed by atoms with van der Waals surface area (Å²) in [5.41, 5.74) is 3.64. The fourth-order valence-electron chi connectivity index (χ4n) is 5.30. The van der Waals surface area contributed by atoms with E-state index in [1.54, 1.807) is 0 Å². The summed E-state index contributed by atoms with van der Waals surface area (Å²) < 4.78 is 8.02. The summed E-state index contributed by atoms with van der Waals surface area (Å²) in [6.07, 6.45) is 11.7. The molecule has 2 heterocycles. The van der Waals surface area contributed by atoms with Crippen LogP contribution in [0.1, 0.15) is 105 Å². The first-order valence-corrected chi connectivity index (χ1v) is 14.1. The zero-order valence-electron chi connectivity index (χ0n) is 24.1. The second-order valence-electron chi connectivity index (χ2n) is 12.3. The van der Waals surface area contributed by atoms with Crippen molar-refractivity contribution < 1.29 is 9.53 Å². The lowest BCUT2D eigenvalue weighted by Gasteiger charge is -2.34. The van der Waals surface area contributed by atoms with Gasteiger partial charge >= 0.3 is 5.97 Å². The van der Waals surface area contributed by atoms with E-state index >= 15 is 0 Å². The van der Waals surface area contributed by atoms with Gasteiger partial charge < -0.3 is 10.1 Å². The van der Waals surface area contributed by atoms with Crippen molar-refractivity contribution >= 4 is 17.4 Å². The molecule has 3 aromatic rings. The maximum absolute atomic E-state index is 12.8. The molecule has 0 amide bonds. The Hall–Kier alpha value is -2.82. The first kappa shape index (κ1) is 28.7. The number of hydrogen-bond donors (Lipinski definition) is 1. The fraction of sp³-hybridized carbons (Fsp3) is 0.562. The SMILES string of the molecule is CCCCCCCCCC(=O)Oc1ccccc1-c1nc2cc(C)ccn2c1NC(C)(C)CC(C)(C)C. The normalized spacial score (nSPS) is 12.2. The van der Waals surface area contributed by atoms with Crippen LogP contribution in [0.4, 0.5) is 5.82 Å². The second kappa shape index (κ2) is 12.6. The van der Waals surface area contributed by atoms with Crippen LogP contribution in [-0.4, -0.2) is 20.9 Å². The van der Waals surface area contributed by atoms with Crippen molar-refractivity contribution in [2.24, 2.45) is 5.41 Å². The van der Waals surface area contributed by atoms with Crippen LogP contribution < -0.4 is 10.1 Å². The molecule has 1 N–H and O–H groups in total. The minimum Gasteiger partial charge on any atom is -0.426 e. The third kappa shape index (κ3) is 8.62. The fourth-order valence-corrected chi connectivity index (χ4v) is 5.30. The van der Waals surface area contributed by atoms with E-state index in [-0.39, 0.29) is 16.9 Å². The van der Waals surface area contributed by atoms with Crippen molar-refractivity contribution in [3.8, 4) is 17.0 Å². The molecule has 0 aliphatic carbocycles. The molecule has 0 saturated heterocycles. The van der Waals surface area contributed by atoms with Crippen molar-refractivity contribution in [3.05, 3.63) is 48.2 Å². The minimum atomic E-state index is -0.178. The number of aryl methyl sites for hydroxylation is 1. The van der Waals surface area contributed by atoms with E-state index in [9.17, 15) is 4.79 Å². The molecular formula is C32H47N3O2. The number of esters is 1. The van der Waals surface area contributed by atoms with Gasteiger partial charge in [0.15, 0.2) is 0 Å². The van der Waals surface area contributed by atoms with Gasteiger partial charge in [0, 0.05) is 23.7 Å². The largest absolute Gasteiger partial charge is 0.426 e. The number of carbonyl (C=O) groups is 1. The summed E-state index contributed by atoms with van der Waals surface area (Å²) in [6, 6.07) is 11.9. The highest BCUT2D eigenvalue weighted by Crippen LogP contribution is 2.38. The Kier molecular flexibility index (Phi) is 9.80. The number of ether oxygens (including phenoxy) is 1. The molecule has 0 spiro atoms. The van der Waals surface area contributed by atoms with Gasteiger partial charge in [-0.05, 0) is 68.9 Å². The summed E-state index contributed by atoms with van der Waals surface area (Å²) in [5.74, 6) is 1.30. The molecular weight excluding hydrogens is 458 g/mol. The molecule has 0 radical (unpaired) electrons. The minimum absolute atomic E-state index is 0.164. The molecule has 0 atom stereocenters. The van der Waals surface area contributed by atoms with Crippen LogP contribution in [0.15, 0.2) is 42.6 Å². The van der Waals surface area contributed by atoms with Gasteiger partial charge in [-0.2, -0.15) is 0 Å². The Bertz CT molecular complexity index is 1170. The molecule has 0 bridgehead atoms. The highest BCUT2D eigenvalue weighted by molar-refractivity contribution is 5.83. The third-order valence-corrected chi connectivity index (χ3v) is 6.56. The zero-order chi connectivity index (χ0) is 27.1. The van der Waals surface area contributed by atoms with Crippen molar-refractivity contribution in [2.75, 3.05) is 5.32 Å². The molecule has 2 aromatic heterocycles. The van der Waals surface area contributed by atoms with Gasteiger partial charge in [0.25, 0.3) is 0 Å². The molecule has 37 heavy (non-hydrogen) atoms. The van der Waals surface area contributed by atoms with Crippen molar-refractivity contribution in [1.82, 2.24) is 9.38 Å². The lowest BCUT2D eigenvalue weighted by molar-refractivity contribution is -0.134. The van der Waals surface area contributed by atoms with Gasteiger partial charge in [0.1, 0.15) is 22.9 Å². The number of hydrogen-bond acceptors (Lipinski definition) is 4. The summed E-state index contributed by atoms with van der Waals surface area (Å²) in [4.78, 5) is 17.8. The van der Waals surface area contributed by atoms with Gasteiger partial charge in [-0.1, -0.05) is 78.4 Å². The van der Waals surface area contributed by atoms with Gasteiger partial charge in [-0.3, -0.25) is 9.20 Å². The highest BCUT2D eigenvalue weighted by Gasteiger charge is 2.29. The first-order chi connectivity index (χ1) is 17.5. The van der Waals surface area contributed by atoms with Gasteiger partial charge in [-0.15, -0.1) is 0 Å². The average molecular weight is 506 g/mol. The Labute approximate surface area is 224 Å². The average Bonchev–Trinajstić information content (AvgIpc) is 3.13. The van der Waals surface area contributed by atoms with Crippen LogP contribution in [0.3, 0.4) is 0 Å². The number of para-hydroxylation sites is 1. The number of nitrogens with one attached hydrogen (secondary N) is 1. The number of anilines is 1. The molecule has 0 aliphatic rings. The first-order valence-electron chi connectivity index (χ1n) is 14.1. The van der Waals surface area contributed by atoms with Gasteiger partial charge in [-0.25, -0.2) is 4.98 Å². The molecule has 0 fully saturated rings. The number of pyridine rings is 1. The second-order valence-corrected chi connectivity index (χ2v) is 12.3. The Morgan fingerprint density at radius 1 is 0.973 bits per heavy atom. The molecule has 3 rings (SSSR count). The van der Waals surface area contributed by atoms with E-state index in [4.69, 9.17) is 9.72 Å². The van der Waals surface area contributed by atoms with Crippen molar-refractivity contribution in [1.29, 1.82) is 0 Å². The number of benzene rings is 1. The Morgan fingerprint density at radius 3 is 2.35 bits per heavy atom. The summed E-state index contributed by atoms with van der Waals surface area (Å²) in [7, 11) is 0. The van der Waals surface area contributed by atoms with Crippen LogP contribution >= 0.6 is 0 Å². The quantitative estimate of drug-likeness (QED) is 0.143. The smallest absolute Gasteiger partial charge is 0.311 e. The predicted molar refractivity (Wildman–Crippen MR) is 155 cm³/mol. The molecule has 0 saturated carbocycles. The van der Waals surface area contributed by atoms with Crippen molar-refractivity contribution in [3.63, 3.8) is 0 Å². The van der Waals surface area contributed by atoms with Gasteiger partial charge in [0.05, 0.1) is 0 Å². The molecule has 202 valence electrons. The van der Waals surface area contributed by atoms with Crippen LogP contribution in [0.25, 0.3) is 16.9 Å². The van der Waals surface area contributed by atoms with Crippen LogP contribution in [-0.2, 0) is 4.79 Å². The molecule has 5 heteroatoms. The molecule has 1 aromatic carbocycles. The van der Waals surface area contributed by atoms with Crippen LogP contribution in [0, 0.1) is 12.3 Å². The Balaban J connectivity index is 1.84. The van der Waals surface area contributed by atoms with E-state index in [0.29, 0.717) is 12.2 Å².